The zero-order chi connectivity index (χ0) is 14.4. The summed E-state index contributed by atoms with van der Waals surface area (Å²) in [6, 6.07) is 15.5. The van der Waals surface area contributed by atoms with Crippen LogP contribution in [0.3, 0.4) is 0 Å². The molecule has 1 heterocycles. The molecule has 0 aliphatic rings. The van der Waals surface area contributed by atoms with Crippen molar-refractivity contribution in [1.29, 1.82) is 5.26 Å². The summed E-state index contributed by atoms with van der Waals surface area (Å²) in [5, 5.41) is 13.6. The van der Waals surface area contributed by atoms with Gasteiger partial charge in [0.15, 0.2) is 0 Å². The lowest BCUT2D eigenvalue weighted by Gasteiger charge is -2.26. The number of hydrogen-bond donors (Lipinski definition) is 1. The molecule has 0 aliphatic carbocycles. The van der Waals surface area contributed by atoms with Crippen LogP contribution >= 0.6 is 11.6 Å². The topological polar surface area (TPSA) is 48.7 Å². The molecule has 1 N–H and O–H groups in total. The van der Waals surface area contributed by atoms with E-state index < -0.39 is 5.41 Å². The molecule has 1 aromatic heterocycles. The Morgan fingerprint density at radius 2 is 2.00 bits per heavy atom. The molecular formula is C16H16ClN3. The molecule has 0 saturated heterocycles. The van der Waals surface area contributed by atoms with Crippen LogP contribution in [0.15, 0.2) is 48.7 Å². The molecule has 3 nitrogen and oxygen atoms in total. The van der Waals surface area contributed by atoms with Crippen LogP contribution in [0.25, 0.3) is 0 Å². The standard InChI is InChI=1S/C16H16ClN3/c1-19-11-9-16(12-18,15-4-2-3-10-20-15)13-5-7-14(17)8-6-13/h2-8,10,19H,9,11H2,1H3. The minimum absolute atomic E-state index is 0.651. The molecule has 1 atom stereocenters. The number of aromatic nitrogens is 1. The Labute approximate surface area is 124 Å². The van der Waals surface area contributed by atoms with E-state index in [1.54, 1.807) is 6.20 Å². The molecule has 0 bridgehead atoms. The van der Waals surface area contributed by atoms with Crippen LogP contribution < -0.4 is 5.32 Å². The van der Waals surface area contributed by atoms with Crippen LogP contribution in [0.5, 0.6) is 0 Å². The van der Waals surface area contributed by atoms with Gasteiger partial charge in [0, 0.05) is 11.2 Å². The Bertz CT molecular complexity index is 589. The fourth-order valence-electron chi connectivity index (χ4n) is 2.26. The summed E-state index contributed by atoms with van der Waals surface area (Å²) in [4.78, 5) is 4.39. The van der Waals surface area contributed by atoms with Crippen LogP contribution in [-0.2, 0) is 5.41 Å². The van der Waals surface area contributed by atoms with Crippen molar-refractivity contribution < 1.29 is 0 Å². The van der Waals surface area contributed by atoms with E-state index in [1.807, 2.05) is 49.5 Å². The lowest BCUT2D eigenvalue weighted by molar-refractivity contribution is 0.554. The van der Waals surface area contributed by atoms with Gasteiger partial charge in [0.25, 0.3) is 0 Å². The normalized spacial score (nSPS) is 13.4. The molecular weight excluding hydrogens is 270 g/mol. The van der Waals surface area contributed by atoms with E-state index in [2.05, 4.69) is 16.4 Å². The maximum absolute atomic E-state index is 9.83. The number of halogens is 1. The SMILES string of the molecule is CNCCC(C#N)(c1ccc(Cl)cc1)c1ccccn1. The third kappa shape index (κ3) is 2.82. The fraction of sp³-hybridized carbons (Fsp3) is 0.250. The summed E-state index contributed by atoms with van der Waals surface area (Å²) in [5.74, 6) is 0. The lowest BCUT2D eigenvalue weighted by Crippen LogP contribution is -2.31. The first kappa shape index (κ1) is 14.5. The third-order valence-electron chi connectivity index (χ3n) is 3.38. The average molecular weight is 286 g/mol. The summed E-state index contributed by atoms with van der Waals surface area (Å²) in [6.07, 6.45) is 2.37. The van der Waals surface area contributed by atoms with E-state index in [0.29, 0.717) is 11.4 Å². The van der Waals surface area contributed by atoms with Gasteiger partial charge >= 0.3 is 0 Å². The Morgan fingerprint density at radius 1 is 1.25 bits per heavy atom. The maximum Gasteiger partial charge on any atom is 0.125 e. The van der Waals surface area contributed by atoms with Crippen LogP contribution in [0.2, 0.25) is 5.02 Å². The molecule has 0 fully saturated rings. The Kier molecular flexibility index (Phi) is 4.73. The van der Waals surface area contributed by atoms with Crippen LogP contribution in [0.1, 0.15) is 17.7 Å². The predicted octanol–water partition coefficient (Wildman–Crippen LogP) is 3.15. The monoisotopic (exact) mass is 285 g/mol. The van der Waals surface area contributed by atoms with Crippen molar-refractivity contribution in [3.05, 3.63) is 64.9 Å². The van der Waals surface area contributed by atoms with Gasteiger partial charge in [-0.3, -0.25) is 4.98 Å². The van der Waals surface area contributed by atoms with E-state index in [9.17, 15) is 5.26 Å². The van der Waals surface area contributed by atoms with E-state index in [4.69, 9.17) is 11.6 Å². The van der Waals surface area contributed by atoms with E-state index in [0.717, 1.165) is 17.8 Å². The average Bonchev–Trinajstić information content (AvgIpc) is 2.51. The molecule has 1 unspecified atom stereocenters. The van der Waals surface area contributed by atoms with Crippen molar-refractivity contribution in [2.24, 2.45) is 0 Å². The summed E-state index contributed by atoms with van der Waals surface area (Å²) >= 11 is 5.94. The van der Waals surface area contributed by atoms with Gasteiger partial charge in [0.05, 0.1) is 11.8 Å². The molecule has 0 aliphatic heterocycles. The maximum atomic E-state index is 9.83. The number of nitrogens with one attached hydrogen (secondary N) is 1. The molecule has 0 amide bonds. The number of benzene rings is 1. The van der Waals surface area contributed by atoms with Gasteiger partial charge in [0.2, 0.25) is 0 Å². The number of nitrogens with zero attached hydrogens (tertiary/aromatic N) is 2. The van der Waals surface area contributed by atoms with Crippen molar-refractivity contribution in [3.63, 3.8) is 0 Å². The summed E-state index contributed by atoms with van der Waals surface area (Å²) in [5.41, 5.74) is 0.924. The van der Waals surface area contributed by atoms with E-state index in [-0.39, 0.29) is 0 Å². The first-order valence-electron chi connectivity index (χ1n) is 6.46. The highest BCUT2D eigenvalue weighted by molar-refractivity contribution is 6.30. The third-order valence-corrected chi connectivity index (χ3v) is 3.63. The highest BCUT2D eigenvalue weighted by Crippen LogP contribution is 2.34. The zero-order valence-electron chi connectivity index (χ0n) is 11.3. The van der Waals surface area contributed by atoms with Gasteiger partial charge in [-0.15, -0.1) is 0 Å². The molecule has 0 saturated carbocycles. The highest BCUT2D eigenvalue weighted by atomic mass is 35.5. The first-order valence-corrected chi connectivity index (χ1v) is 6.84. The number of rotatable bonds is 5. The van der Waals surface area contributed by atoms with Crippen LogP contribution in [0, 0.1) is 11.3 Å². The smallest absolute Gasteiger partial charge is 0.125 e. The van der Waals surface area contributed by atoms with Gasteiger partial charge in [0.1, 0.15) is 5.41 Å². The van der Waals surface area contributed by atoms with Crippen molar-refractivity contribution in [1.82, 2.24) is 10.3 Å². The zero-order valence-corrected chi connectivity index (χ0v) is 12.1. The number of nitriles is 1. The fourth-order valence-corrected chi connectivity index (χ4v) is 2.39. The molecule has 0 spiro atoms. The summed E-state index contributed by atoms with van der Waals surface area (Å²) in [7, 11) is 1.88. The molecule has 20 heavy (non-hydrogen) atoms. The van der Waals surface area contributed by atoms with Gasteiger partial charge in [-0.25, -0.2) is 0 Å². The molecule has 1 aromatic carbocycles. The van der Waals surface area contributed by atoms with Gasteiger partial charge in [-0.05, 0) is 49.8 Å². The Hall–Kier alpha value is -1.89. The predicted molar refractivity (Wildman–Crippen MR) is 80.6 cm³/mol. The molecule has 2 aromatic rings. The highest BCUT2D eigenvalue weighted by Gasteiger charge is 2.35. The van der Waals surface area contributed by atoms with Crippen LogP contribution in [-0.4, -0.2) is 18.6 Å². The van der Waals surface area contributed by atoms with Crippen molar-refractivity contribution >= 4 is 11.6 Å². The second-order valence-corrected chi connectivity index (χ2v) is 5.03. The summed E-state index contributed by atoms with van der Waals surface area (Å²) in [6.45, 7) is 0.729. The Morgan fingerprint density at radius 3 is 2.55 bits per heavy atom. The largest absolute Gasteiger partial charge is 0.320 e. The van der Waals surface area contributed by atoms with Crippen molar-refractivity contribution in [2.45, 2.75) is 11.8 Å². The molecule has 2 rings (SSSR count). The minimum atomic E-state index is -0.755. The molecule has 0 radical (unpaired) electrons. The van der Waals surface area contributed by atoms with Crippen molar-refractivity contribution in [3.8, 4) is 6.07 Å². The summed E-state index contributed by atoms with van der Waals surface area (Å²) < 4.78 is 0. The van der Waals surface area contributed by atoms with E-state index in [1.165, 1.54) is 0 Å². The lowest BCUT2D eigenvalue weighted by atomic mass is 9.76. The number of pyridine rings is 1. The Balaban J connectivity index is 2.53. The van der Waals surface area contributed by atoms with Gasteiger partial charge in [-0.2, -0.15) is 5.26 Å². The minimum Gasteiger partial charge on any atom is -0.320 e. The second-order valence-electron chi connectivity index (χ2n) is 4.59. The first-order chi connectivity index (χ1) is 9.73. The quantitative estimate of drug-likeness (QED) is 0.918. The van der Waals surface area contributed by atoms with Gasteiger partial charge in [-0.1, -0.05) is 29.8 Å². The van der Waals surface area contributed by atoms with Gasteiger partial charge < -0.3 is 5.32 Å². The molecule has 4 heteroatoms. The second kappa shape index (κ2) is 6.51. The van der Waals surface area contributed by atoms with E-state index >= 15 is 0 Å². The van der Waals surface area contributed by atoms with Crippen LogP contribution in [0.4, 0.5) is 0 Å². The van der Waals surface area contributed by atoms with Crippen molar-refractivity contribution in [2.75, 3.05) is 13.6 Å². The number of hydrogen-bond acceptors (Lipinski definition) is 3. The molecule has 102 valence electrons.